The first-order valence-corrected chi connectivity index (χ1v) is 8.09. The van der Waals surface area contributed by atoms with Gasteiger partial charge in [-0.3, -0.25) is 0 Å². The Morgan fingerprint density at radius 2 is 1.67 bits per heavy atom. The second-order valence-electron chi connectivity index (χ2n) is 5.94. The van der Waals surface area contributed by atoms with Gasteiger partial charge in [0.25, 0.3) is 0 Å². The van der Waals surface area contributed by atoms with Crippen LogP contribution < -0.4 is 5.32 Å². The second kappa shape index (κ2) is 7.30. The largest absolute Gasteiger partial charge is 0.309 e. The first-order valence-electron chi connectivity index (χ1n) is 7.27. The fraction of sp³-hybridized carbons (Fsp3) is 0.750. The molecule has 1 heterocycles. The summed E-state index contributed by atoms with van der Waals surface area (Å²) < 4.78 is 0. The number of rotatable bonds is 7. The molecule has 0 saturated carbocycles. The predicted molar refractivity (Wildman–Crippen MR) is 83.3 cm³/mol. The van der Waals surface area contributed by atoms with Crippen molar-refractivity contribution in [3.05, 3.63) is 21.9 Å². The van der Waals surface area contributed by atoms with E-state index in [9.17, 15) is 0 Å². The van der Waals surface area contributed by atoms with Crippen molar-refractivity contribution in [1.29, 1.82) is 0 Å². The third-order valence-electron chi connectivity index (χ3n) is 3.83. The van der Waals surface area contributed by atoms with Gasteiger partial charge >= 0.3 is 0 Å². The predicted octanol–water partition coefficient (Wildman–Crippen LogP) is 4.89. The summed E-state index contributed by atoms with van der Waals surface area (Å²) in [5.41, 5.74) is 0. The van der Waals surface area contributed by atoms with Crippen LogP contribution in [0.4, 0.5) is 0 Å². The Balaban J connectivity index is 2.51. The molecule has 1 aromatic heterocycles. The normalized spacial score (nSPS) is 13.8. The SMILES string of the molecule is CCc1ccc(C(C)NCC(C(C)C)C(C)C)s1. The van der Waals surface area contributed by atoms with E-state index >= 15 is 0 Å². The molecule has 0 aromatic carbocycles. The maximum atomic E-state index is 3.71. The van der Waals surface area contributed by atoms with Crippen LogP contribution in [0.2, 0.25) is 0 Å². The van der Waals surface area contributed by atoms with Crippen LogP contribution >= 0.6 is 11.3 Å². The molecule has 1 unspecified atom stereocenters. The van der Waals surface area contributed by atoms with E-state index in [0.717, 1.165) is 30.7 Å². The van der Waals surface area contributed by atoms with Crippen molar-refractivity contribution in [3.63, 3.8) is 0 Å². The lowest BCUT2D eigenvalue weighted by molar-refractivity contribution is 0.268. The van der Waals surface area contributed by atoms with E-state index in [4.69, 9.17) is 0 Å². The van der Waals surface area contributed by atoms with Crippen molar-refractivity contribution >= 4 is 11.3 Å². The van der Waals surface area contributed by atoms with Gasteiger partial charge in [0.05, 0.1) is 0 Å². The molecule has 0 saturated heterocycles. The van der Waals surface area contributed by atoms with Gasteiger partial charge < -0.3 is 5.32 Å². The van der Waals surface area contributed by atoms with E-state index in [1.807, 2.05) is 11.3 Å². The Hall–Kier alpha value is -0.340. The van der Waals surface area contributed by atoms with Crippen LogP contribution in [0.5, 0.6) is 0 Å². The molecule has 0 aliphatic rings. The summed E-state index contributed by atoms with van der Waals surface area (Å²) in [6, 6.07) is 5.02. The number of thiophene rings is 1. The van der Waals surface area contributed by atoms with E-state index in [0.29, 0.717) is 6.04 Å². The van der Waals surface area contributed by atoms with E-state index < -0.39 is 0 Å². The van der Waals surface area contributed by atoms with Gasteiger partial charge in [-0.2, -0.15) is 0 Å². The maximum absolute atomic E-state index is 3.71. The summed E-state index contributed by atoms with van der Waals surface area (Å²) in [6.07, 6.45) is 1.15. The molecule has 0 aliphatic heterocycles. The second-order valence-corrected chi connectivity index (χ2v) is 7.14. The Labute approximate surface area is 117 Å². The highest BCUT2D eigenvalue weighted by atomic mass is 32.1. The summed E-state index contributed by atoms with van der Waals surface area (Å²) >= 11 is 1.95. The molecule has 0 amide bonds. The first-order chi connectivity index (χ1) is 8.45. The van der Waals surface area contributed by atoms with Crippen molar-refractivity contribution in [2.24, 2.45) is 17.8 Å². The third kappa shape index (κ3) is 4.40. The van der Waals surface area contributed by atoms with Crippen LogP contribution in [-0.4, -0.2) is 6.54 Å². The minimum Gasteiger partial charge on any atom is -0.309 e. The summed E-state index contributed by atoms with van der Waals surface area (Å²) in [5.74, 6) is 2.26. The highest BCUT2D eigenvalue weighted by Crippen LogP contribution is 2.25. The molecule has 0 spiro atoms. The minimum atomic E-state index is 0.482. The van der Waals surface area contributed by atoms with Crippen LogP contribution in [0.25, 0.3) is 0 Å². The summed E-state index contributed by atoms with van der Waals surface area (Å²) in [5, 5.41) is 3.71. The van der Waals surface area contributed by atoms with Gasteiger partial charge in [-0.15, -0.1) is 11.3 Å². The van der Waals surface area contributed by atoms with Crippen LogP contribution in [0, 0.1) is 17.8 Å². The summed E-state index contributed by atoms with van der Waals surface area (Å²) in [7, 11) is 0. The lowest BCUT2D eigenvalue weighted by Gasteiger charge is -2.26. The molecule has 1 rings (SSSR count). The number of aryl methyl sites for hydroxylation is 1. The molecule has 0 aliphatic carbocycles. The van der Waals surface area contributed by atoms with Crippen LogP contribution in [0.15, 0.2) is 12.1 Å². The molecule has 0 radical (unpaired) electrons. The minimum absolute atomic E-state index is 0.482. The monoisotopic (exact) mass is 267 g/mol. The molecule has 0 bridgehead atoms. The third-order valence-corrected chi connectivity index (χ3v) is 5.24. The molecule has 1 nitrogen and oxygen atoms in total. The van der Waals surface area contributed by atoms with Gasteiger partial charge in [0.15, 0.2) is 0 Å². The Morgan fingerprint density at radius 1 is 1.06 bits per heavy atom. The lowest BCUT2D eigenvalue weighted by Crippen LogP contribution is -2.31. The van der Waals surface area contributed by atoms with Gasteiger partial charge in [-0.1, -0.05) is 34.6 Å². The molecule has 1 N–H and O–H groups in total. The van der Waals surface area contributed by atoms with Gasteiger partial charge in [0, 0.05) is 15.8 Å². The highest BCUT2D eigenvalue weighted by Gasteiger charge is 2.18. The van der Waals surface area contributed by atoms with Crippen molar-refractivity contribution in [3.8, 4) is 0 Å². The van der Waals surface area contributed by atoms with Crippen molar-refractivity contribution < 1.29 is 0 Å². The summed E-state index contributed by atoms with van der Waals surface area (Å²) in [4.78, 5) is 2.96. The Kier molecular flexibility index (Phi) is 6.37. The molecule has 2 heteroatoms. The van der Waals surface area contributed by atoms with Gasteiger partial charge in [-0.25, -0.2) is 0 Å². The molecule has 0 fully saturated rings. The van der Waals surface area contributed by atoms with Crippen LogP contribution in [-0.2, 0) is 6.42 Å². The molecular formula is C16H29NS. The molecular weight excluding hydrogens is 238 g/mol. The van der Waals surface area contributed by atoms with Crippen LogP contribution in [0.1, 0.15) is 57.3 Å². The van der Waals surface area contributed by atoms with Crippen molar-refractivity contribution in [2.45, 2.75) is 54.0 Å². The number of nitrogens with one attached hydrogen (secondary N) is 1. The van der Waals surface area contributed by atoms with Gasteiger partial charge in [0.1, 0.15) is 0 Å². The Morgan fingerprint density at radius 3 is 2.11 bits per heavy atom. The summed E-state index contributed by atoms with van der Waals surface area (Å²) in [6.45, 7) is 14.9. The van der Waals surface area contributed by atoms with Crippen molar-refractivity contribution in [2.75, 3.05) is 6.54 Å². The van der Waals surface area contributed by atoms with Gasteiger partial charge in [-0.05, 0) is 49.8 Å². The fourth-order valence-corrected chi connectivity index (χ4v) is 3.45. The standard InChI is InChI=1S/C16H29NS/c1-7-14-8-9-16(18-14)13(6)17-10-15(11(2)3)12(4)5/h8-9,11-13,15,17H,7,10H2,1-6H3. The zero-order valence-electron chi connectivity index (χ0n) is 12.8. The zero-order chi connectivity index (χ0) is 13.7. The lowest BCUT2D eigenvalue weighted by atomic mass is 9.85. The first kappa shape index (κ1) is 15.7. The Bertz CT molecular complexity index is 333. The zero-order valence-corrected chi connectivity index (χ0v) is 13.6. The van der Waals surface area contributed by atoms with E-state index in [1.165, 1.54) is 9.75 Å². The van der Waals surface area contributed by atoms with E-state index in [-0.39, 0.29) is 0 Å². The maximum Gasteiger partial charge on any atom is 0.0386 e. The van der Waals surface area contributed by atoms with Gasteiger partial charge in [0.2, 0.25) is 0 Å². The molecule has 18 heavy (non-hydrogen) atoms. The average Bonchev–Trinajstić information content (AvgIpc) is 2.76. The highest BCUT2D eigenvalue weighted by molar-refractivity contribution is 7.12. The fourth-order valence-electron chi connectivity index (χ4n) is 2.47. The molecule has 104 valence electrons. The molecule has 1 atom stereocenters. The van der Waals surface area contributed by atoms with E-state index in [2.05, 4.69) is 59.0 Å². The molecule has 1 aromatic rings. The van der Waals surface area contributed by atoms with E-state index in [1.54, 1.807) is 0 Å². The van der Waals surface area contributed by atoms with Crippen LogP contribution in [0.3, 0.4) is 0 Å². The smallest absolute Gasteiger partial charge is 0.0386 e. The quantitative estimate of drug-likeness (QED) is 0.741. The number of hydrogen-bond acceptors (Lipinski definition) is 2. The average molecular weight is 267 g/mol. The topological polar surface area (TPSA) is 12.0 Å². The van der Waals surface area contributed by atoms with Crippen molar-refractivity contribution in [1.82, 2.24) is 5.32 Å². The number of hydrogen-bond donors (Lipinski definition) is 1.